The highest BCUT2D eigenvalue weighted by atomic mass is 16.5. The monoisotopic (exact) mass is 357 g/mol. The molecule has 0 aliphatic rings. The number of aromatic hydroxyl groups is 1. The summed E-state index contributed by atoms with van der Waals surface area (Å²) in [7, 11) is 4.28. The number of esters is 1. The normalized spacial score (nSPS) is 10.4. The van der Waals surface area contributed by atoms with E-state index in [1.807, 2.05) is 0 Å². The zero-order valence-electron chi connectivity index (χ0n) is 14.6. The SMILES string of the molecule is COC(=O)c1cc(O)ccc1NC(=O)C=Cc1ccc(OC)c(OC)c1. The first kappa shape index (κ1) is 18.9. The Kier molecular flexibility index (Phi) is 6.21. The molecule has 136 valence electrons. The van der Waals surface area contributed by atoms with Crippen molar-refractivity contribution in [1.29, 1.82) is 0 Å². The summed E-state index contributed by atoms with van der Waals surface area (Å²) in [5.74, 6) is -0.0950. The average Bonchev–Trinajstić information content (AvgIpc) is 2.66. The molecule has 1 amide bonds. The summed E-state index contributed by atoms with van der Waals surface area (Å²) >= 11 is 0. The van der Waals surface area contributed by atoms with Crippen molar-refractivity contribution >= 4 is 23.6 Å². The Hall–Kier alpha value is -3.48. The number of nitrogens with one attached hydrogen (secondary N) is 1. The second-order valence-corrected chi connectivity index (χ2v) is 5.16. The van der Waals surface area contributed by atoms with Crippen molar-refractivity contribution in [2.45, 2.75) is 0 Å². The van der Waals surface area contributed by atoms with Gasteiger partial charge in [-0.25, -0.2) is 4.79 Å². The maximum absolute atomic E-state index is 12.1. The van der Waals surface area contributed by atoms with E-state index in [-0.39, 0.29) is 17.0 Å². The van der Waals surface area contributed by atoms with Gasteiger partial charge in [-0.3, -0.25) is 4.79 Å². The van der Waals surface area contributed by atoms with Crippen LogP contribution in [0.3, 0.4) is 0 Å². The summed E-state index contributed by atoms with van der Waals surface area (Å²) in [4.78, 5) is 23.9. The van der Waals surface area contributed by atoms with E-state index >= 15 is 0 Å². The Bertz CT molecular complexity index is 844. The Morgan fingerprint density at radius 1 is 1.00 bits per heavy atom. The molecular weight excluding hydrogens is 338 g/mol. The molecule has 26 heavy (non-hydrogen) atoms. The van der Waals surface area contributed by atoms with E-state index in [1.165, 1.54) is 45.6 Å². The number of amides is 1. The van der Waals surface area contributed by atoms with Crippen LogP contribution in [0.15, 0.2) is 42.5 Å². The van der Waals surface area contributed by atoms with Crippen LogP contribution < -0.4 is 14.8 Å². The number of rotatable bonds is 6. The predicted octanol–water partition coefficient (Wildman–Crippen LogP) is 2.85. The zero-order chi connectivity index (χ0) is 19.1. The number of ether oxygens (including phenoxy) is 3. The Morgan fingerprint density at radius 3 is 2.38 bits per heavy atom. The van der Waals surface area contributed by atoms with E-state index in [4.69, 9.17) is 9.47 Å². The number of anilines is 1. The van der Waals surface area contributed by atoms with Gasteiger partial charge in [0.1, 0.15) is 5.75 Å². The lowest BCUT2D eigenvalue weighted by Gasteiger charge is -2.09. The molecule has 0 spiro atoms. The molecule has 7 heteroatoms. The van der Waals surface area contributed by atoms with E-state index in [1.54, 1.807) is 24.3 Å². The van der Waals surface area contributed by atoms with Gasteiger partial charge in [-0.1, -0.05) is 6.07 Å². The predicted molar refractivity (Wildman–Crippen MR) is 96.7 cm³/mol. The van der Waals surface area contributed by atoms with Crippen molar-refractivity contribution in [3.05, 3.63) is 53.6 Å². The molecule has 2 rings (SSSR count). The fourth-order valence-electron chi connectivity index (χ4n) is 2.22. The van der Waals surface area contributed by atoms with Gasteiger partial charge in [0.25, 0.3) is 0 Å². The summed E-state index contributed by atoms with van der Waals surface area (Å²) in [6, 6.07) is 9.23. The first-order valence-electron chi connectivity index (χ1n) is 7.61. The van der Waals surface area contributed by atoms with Gasteiger partial charge < -0.3 is 24.6 Å². The third-order valence-electron chi connectivity index (χ3n) is 3.50. The van der Waals surface area contributed by atoms with Crippen LogP contribution in [0.2, 0.25) is 0 Å². The molecule has 0 heterocycles. The molecule has 0 atom stereocenters. The Morgan fingerprint density at radius 2 is 1.73 bits per heavy atom. The third kappa shape index (κ3) is 4.54. The maximum atomic E-state index is 12.1. The molecule has 7 nitrogen and oxygen atoms in total. The fraction of sp³-hybridized carbons (Fsp3) is 0.158. The lowest BCUT2D eigenvalue weighted by Crippen LogP contribution is -2.12. The fourth-order valence-corrected chi connectivity index (χ4v) is 2.22. The van der Waals surface area contributed by atoms with Crippen LogP contribution in [-0.2, 0) is 9.53 Å². The van der Waals surface area contributed by atoms with E-state index in [0.29, 0.717) is 11.5 Å². The standard InChI is InChI=1S/C19H19NO6/c1-24-16-8-4-12(10-17(16)25-2)5-9-18(22)20-15-7-6-13(21)11-14(15)19(23)26-3/h4-11,21H,1-3H3,(H,20,22). The number of benzene rings is 2. The molecule has 0 bridgehead atoms. The minimum Gasteiger partial charge on any atom is -0.508 e. The van der Waals surface area contributed by atoms with Crippen molar-refractivity contribution in [1.82, 2.24) is 0 Å². The number of carbonyl (C=O) groups excluding carboxylic acids is 2. The quantitative estimate of drug-likeness (QED) is 0.469. The topological polar surface area (TPSA) is 94.1 Å². The van der Waals surface area contributed by atoms with Crippen LogP contribution >= 0.6 is 0 Å². The lowest BCUT2D eigenvalue weighted by atomic mass is 10.1. The molecule has 0 aromatic heterocycles. The minimum absolute atomic E-state index is 0.0559. The van der Waals surface area contributed by atoms with Gasteiger partial charge in [-0.15, -0.1) is 0 Å². The average molecular weight is 357 g/mol. The summed E-state index contributed by atoms with van der Waals surface area (Å²) in [6.07, 6.45) is 2.91. The van der Waals surface area contributed by atoms with Crippen molar-refractivity contribution in [2.24, 2.45) is 0 Å². The van der Waals surface area contributed by atoms with E-state index in [0.717, 1.165) is 5.56 Å². The van der Waals surface area contributed by atoms with Crippen LogP contribution in [0.4, 0.5) is 5.69 Å². The Balaban J connectivity index is 2.16. The number of methoxy groups -OCH3 is 3. The molecule has 0 radical (unpaired) electrons. The second-order valence-electron chi connectivity index (χ2n) is 5.16. The minimum atomic E-state index is -0.667. The van der Waals surface area contributed by atoms with Gasteiger partial charge >= 0.3 is 5.97 Å². The zero-order valence-corrected chi connectivity index (χ0v) is 14.6. The van der Waals surface area contributed by atoms with Gasteiger partial charge in [-0.05, 0) is 42.0 Å². The molecule has 0 saturated heterocycles. The number of carbonyl (C=O) groups is 2. The van der Waals surface area contributed by atoms with E-state index < -0.39 is 11.9 Å². The van der Waals surface area contributed by atoms with Gasteiger partial charge in [0.2, 0.25) is 5.91 Å². The summed E-state index contributed by atoms with van der Waals surface area (Å²) in [5, 5.41) is 12.1. The Labute approximate surface area is 150 Å². The highest BCUT2D eigenvalue weighted by Crippen LogP contribution is 2.28. The van der Waals surface area contributed by atoms with Gasteiger partial charge in [0, 0.05) is 6.08 Å². The lowest BCUT2D eigenvalue weighted by molar-refractivity contribution is -0.111. The molecule has 0 saturated carbocycles. The largest absolute Gasteiger partial charge is 0.508 e. The molecule has 0 fully saturated rings. The van der Waals surface area contributed by atoms with Crippen molar-refractivity contribution < 1.29 is 28.9 Å². The number of hydrogen-bond acceptors (Lipinski definition) is 6. The van der Waals surface area contributed by atoms with Gasteiger partial charge in [0.15, 0.2) is 11.5 Å². The third-order valence-corrected chi connectivity index (χ3v) is 3.50. The summed E-state index contributed by atoms with van der Waals surface area (Å²) in [5.41, 5.74) is 1.02. The summed E-state index contributed by atoms with van der Waals surface area (Å²) in [6.45, 7) is 0. The van der Waals surface area contributed by atoms with Gasteiger partial charge in [0.05, 0.1) is 32.6 Å². The summed E-state index contributed by atoms with van der Waals surface area (Å²) < 4.78 is 15.0. The van der Waals surface area contributed by atoms with Crippen molar-refractivity contribution in [3.63, 3.8) is 0 Å². The van der Waals surface area contributed by atoms with Crippen molar-refractivity contribution in [2.75, 3.05) is 26.6 Å². The number of phenolic OH excluding ortho intramolecular Hbond substituents is 1. The smallest absolute Gasteiger partial charge is 0.340 e. The molecule has 0 aliphatic heterocycles. The number of hydrogen-bond donors (Lipinski definition) is 2. The first-order valence-corrected chi connectivity index (χ1v) is 7.61. The maximum Gasteiger partial charge on any atom is 0.340 e. The molecule has 2 aromatic rings. The van der Waals surface area contributed by atoms with E-state index in [2.05, 4.69) is 10.1 Å². The number of phenols is 1. The van der Waals surface area contributed by atoms with Crippen LogP contribution in [0.5, 0.6) is 17.2 Å². The van der Waals surface area contributed by atoms with Crippen LogP contribution in [-0.4, -0.2) is 38.3 Å². The molecule has 0 unspecified atom stereocenters. The second kappa shape index (κ2) is 8.57. The van der Waals surface area contributed by atoms with E-state index in [9.17, 15) is 14.7 Å². The molecular formula is C19H19NO6. The van der Waals surface area contributed by atoms with Crippen molar-refractivity contribution in [3.8, 4) is 17.2 Å². The highest BCUT2D eigenvalue weighted by molar-refractivity contribution is 6.06. The molecule has 0 aliphatic carbocycles. The van der Waals surface area contributed by atoms with Crippen LogP contribution in [0, 0.1) is 0 Å². The highest BCUT2D eigenvalue weighted by Gasteiger charge is 2.14. The first-order chi connectivity index (χ1) is 12.5. The van der Waals surface area contributed by atoms with Gasteiger partial charge in [-0.2, -0.15) is 0 Å². The molecule has 2 N–H and O–H groups in total. The van der Waals surface area contributed by atoms with Crippen LogP contribution in [0.25, 0.3) is 6.08 Å². The molecule has 2 aromatic carbocycles. The van der Waals surface area contributed by atoms with Crippen LogP contribution in [0.1, 0.15) is 15.9 Å².